The van der Waals surface area contributed by atoms with Gasteiger partial charge in [0.2, 0.25) is 0 Å². The van der Waals surface area contributed by atoms with Gasteiger partial charge < -0.3 is 10.6 Å². The van der Waals surface area contributed by atoms with Crippen molar-refractivity contribution in [2.24, 2.45) is 5.73 Å². The van der Waals surface area contributed by atoms with Crippen molar-refractivity contribution in [2.75, 3.05) is 0 Å². The summed E-state index contributed by atoms with van der Waals surface area (Å²) in [5, 5.41) is 0. The average Bonchev–Trinajstić information content (AvgIpc) is 2.17. The molecule has 4 nitrogen and oxygen atoms in total. The quantitative estimate of drug-likeness (QED) is 0.732. The van der Waals surface area contributed by atoms with Gasteiger partial charge in [-0.25, -0.2) is 5.48 Å². The van der Waals surface area contributed by atoms with Gasteiger partial charge in [-0.3, -0.25) is 4.79 Å². The van der Waals surface area contributed by atoms with Crippen molar-refractivity contribution in [1.82, 2.24) is 5.48 Å². The van der Waals surface area contributed by atoms with Gasteiger partial charge in [-0.2, -0.15) is 0 Å². The topological polar surface area (TPSA) is 64.4 Å². The van der Waals surface area contributed by atoms with Gasteiger partial charge in [0, 0.05) is 11.8 Å². The van der Waals surface area contributed by atoms with Gasteiger partial charge in [0.25, 0.3) is 5.91 Å². The molecule has 1 aromatic rings. The van der Waals surface area contributed by atoms with E-state index in [1.54, 1.807) is 18.3 Å². The molecule has 0 fully saturated rings. The van der Waals surface area contributed by atoms with Crippen molar-refractivity contribution < 1.29 is 9.63 Å². The van der Waals surface area contributed by atoms with E-state index >= 15 is 0 Å². The number of amides is 1. The summed E-state index contributed by atoms with van der Waals surface area (Å²) in [6, 6.07) is 5.24. The van der Waals surface area contributed by atoms with Crippen molar-refractivity contribution in [3.8, 4) is 5.75 Å². The second kappa shape index (κ2) is 4.02. The summed E-state index contributed by atoms with van der Waals surface area (Å²) in [5.74, 6) is -0.00792. The molecule has 0 aliphatic carbocycles. The van der Waals surface area contributed by atoms with Gasteiger partial charge in [0.15, 0.2) is 5.75 Å². The number of carbonyl (C=O) groups is 1. The highest BCUT2D eigenvalue weighted by atomic mass is 35.5. The monoisotopic (exact) mass is 212 g/mol. The Morgan fingerprint density at radius 2 is 2.21 bits per heavy atom. The number of benzene rings is 1. The Morgan fingerprint density at radius 3 is 2.93 bits per heavy atom. The lowest BCUT2D eigenvalue weighted by Gasteiger charge is -2.14. The molecule has 1 aliphatic heterocycles. The molecule has 0 unspecified atom stereocenters. The summed E-state index contributed by atoms with van der Waals surface area (Å²) in [4.78, 5) is 16.0. The van der Waals surface area contributed by atoms with Crippen LogP contribution in [0.4, 0.5) is 0 Å². The Kier molecular flexibility index (Phi) is 2.99. The fourth-order valence-electron chi connectivity index (χ4n) is 1.21. The minimum absolute atomic E-state index is 0. The van der Waals surface area contributed by atoms with Crippen LogP contribution >= 0.6 is 12.4 Å². The Bertz CT molecular complexity index is 390. The molecule has 3 N–H and O–H groups in total. The van der Waals surface area contributed by atoms with Gasteiger partial charge in [-0.05, 0) is 12.1 Å². The van der Waals surface area contributed by atoms with E-state index < -0.39 is 5.91 Å². The van der Waals surface area contributed by atoms with Crippen LogP contribution < -0.4 is 16.1 Å². The van der Waals surface area contributed by atoms with Crippen LogP contribution in [0.1, 0.15) is 15.9 Å². The summed E-state index contributed by atoms with van der Waals surface area (Å²) in [5.41, 5.74) is 8.94. The highest BCUT2D eigenvalue weighted by Crippen LogP contribution is 2.26. The zero-order chi connectivity index (χ0) is 9.26. The van der Waals surface area contributed by atoms with Crippen molar-refractivity contribution in [3.63, 3.8) is 0 Å². The Hall–Kier alpha value is -1.68. The predicted molar refractivity (Wildman–Crippen MR) is 55.0 cm³/mol. The van der Waals surface area contributed by atoms with E-state index in [1.165, 1.54) is 0 Å². The fraction of sp³-hybridized carbons (Fsp3) is 0. The normalized spacial score (nSPS) is 11.7. The van der Waals surface area contributed by atoms with Crippen LogP contribution in [0.25, 0.3) is 6.08 Å². The molecule has 0 atom stereocenters. The number of rotatable bonds is 1. The largest absolute Gasteiger partial charge is 0.381 e. The number of fused-ring (bicyclic) bond motifs is 1. The van der Waals surface area contributed by atoms with E-state index in [4.69, 9.17) is 10.6 Å². The first-order valence-corrected chi connectivity index (χ1v) is 3.81. The maximum atomic E-state index is 11.0. The number of hydroxylamine groups is 1. The van der Waals surface area contributed by atoms with Crippen LogP contribution in [0.2, 0.25) is 0 Å². The molecule has 14 heavy (non-hydrogen) atoms. The molecule has 0 aromatic heterocycles. The lowest BCUT2D eigenvalue weighted by molar-refractivity contribution is 0.0993. The third-order valence-corrected chi connectivity index (χ3v) is 1.80. The van der Waals surface area contributed by atoms with E-state index in [1.807, 2.05) is 12.1 Å². The SMILES string of the molecule is Cl.NC(=O)c1cccc2c1ONC=C2. The second-order valence-corrected chi connectivity index (χ2v) is 2.64. The first-order valence-electron chi connectivity index (χ1n) is 3.81. The van der Waals surface area contributed by atoms with Gasteiger partial charge >= 0.3 is 0 Å². The fourth-order valence-corrected chi connectivity index (χ4v) is 1.21. The number of halogens is 1. The molecule has 2 rings (SSSR count). The van der Waals surface area contributed by atoms with E-state index in [0.717, 1.165) is 5.56 Å². The first kappa shape index (κ1) is 10.4. The van der Waals surface area contributed by atoms with Crippen LogP contribution in [0.5, 0.6) is 5.75 Å². The predicted octanol–water partition coefficient (Wildman–Crippen LogP) is 1.07. The number of para-hydroxylation sites is 1. The number of hydrogen-bond donors (Lipinski definition) is 2. The number of hydrogen-bond acceptors (Lipinski definition) is 3. The smallest absolute Gasteiger partial charge is 0.252 e. The van der Waals surface area contributed by atoms with Crippen molar-refractivity contribution >= 4 is 24.4 Å². The van der Waals surface area contributed by atoms with Crippen LogP contribution in [-0.2, 0) is 0 Å². The minimum atomic E-state index is -0.492. The van der Waals surface area contributed by atoms with E-state index in [9.17, 15) is 4.79 Å². The van der Waals surface area contributed by atoms with Crippen LogP contribution in [-0.4, -0.2) is 5.91 Å². The number of primary amides is 1. The maximum Gasteiger partial charge on any atom is 0.252 e. The lowest BCUT2D eigenvalue weighted by atomic mass is 10.1. The zero-order valence-electron chi connectivity index (χ0n) is 7.19. The average molecular weight is 213 g/mol. The molecule has 0 saturated carbocycles. The molecule has 0 spiro atoms. The van der Waals surface area contributed by atoms with Crippen molar-refractivity contribution in [3.05, 3.63) is 35.5 Å². The molecule has 5 heteroatoms. The van der Waals surface area contributed by atoms with Gasteiger partial charge in [0.05, 0.1) is 5.56 Å². The molecular weight excluding hydrogens is 204 g/mol. The summed E-state index contributed by atoms with van der Waals surface area (Å²) < 4.78 is 0. The molecule has 0 bridgehead atoms. The third-order valence-electron chi connectivity index (χ3n) is 1.80. The highest BCUT2D eigenvalue weighted by Gasteiger charge is 2.14. The third kappa shape index (κ3) is 1.65. The van der Waals surface area contributed by atoms with Gasteiger partial charge in [0.1, 0.15) is 0 Å². The molecule has 1 heterocycles. The standard InChI is InChI=1S/C9H8N2O2.ClH/c10-9(12)7-3-1-2-6-4-5-11-13-8(6)7;/h1-5,11H,(H2,10,12);1H. The summed E-state index contributed by atoms with van der Waals surface area (Å²) in [6.45, 7) is 0. The summed E-state index contributed by atoms with van der Waals surface area (Å²) >= 11 is 0. The molecule has 1 aromatic carbocycles. The Labute approximate surface area is 87.1 Å². The maximum absolute atomic E-state index is 11.0. The molecule has 74 valence electrons. The summed E-state index contributed by atoms with van der Waals surface area (Å²) in [7, 11) is 0. The van der Waals surface area contributed by atoms with Crippen molar-refractivity contribution in [2.45, 2.75) is 0 Å². The summed E-state index contributed by atoms with van der Waals surface area (Å²) in [6.07, 6.45) is 3.46. The molecular formula is C9H9ClN2O2. The van der Waals surface area contributed by atoms with Gasteiger partial charge in [-0.15, -0.1) is 12.4 Å². The molecule has 0 radical (unpaired) electrons. The Morgan fingerprint density at radius 1 is 1.43 bits per heavy atom. The highest BCUT2D eigenvalue weighted by molar-refractivity contribution is 5.97. The number of nitrogens with one attached hydrogen (secondary N) is 1. The second-order valence-electron chi connectivity index (χ2n) is 2.64. The number of nitrogens with two attached hydrogens (primary N) is 1. The van der Waals surface area contributed by atoms with E-state index in [2.05, 4.69) is 5.48 Å². The molecule has 0 saturated heterocycles. The van der Waals surface area contributed by atoms with Crippen molar-refractivity contribution in [1.29, 1.82) is 0 Å². The lowest BCUT2D eigenvalue weighted by Crippen LogP contribution is -2.20. The Balaban J connectivity index is 0.000000980. The zero-order valence-corrected chi connectivity index (χ0v) is 8.01. The van der Waals surface area contributed by atoms with Crippen LogP contribution in [0.3, 0.4) is 0 Å². The molecule has 1 amide bonds. The van der Waals surface area contributed by atoms with E-state index in [-0.39, 0.29) is 12.4 Å². The van der Waals surface area contributed by atoms with Gasteiger partial charge in [-0.1, -0.05) is 12.1 Å². The van der Waals surface area contributed by atoms with Crippen LogP contribution in [0.15, 0.2) is 24.4 Å². The molecule has 1 aliphatic rings. The van der Waals surface area contributed by atoms with Crippen LogP contribution in [0, 0.1) is 0 Å². The number of carbonyl (C=O) groups excluding carboxylic acids is 1. The van der Waals surface area contributed by atoms with E-state index in [0.29, 0.717) is 11.3 Å². The minimum Gasteiger partial charge on any atom is -0.381 e. The first-order chi connectivity index (χ1) is 6.29.